The molecule has 46 heavy (non-hydrogen) atoms. The highest BCUT2D eigenvalue weighted by molar-refractivity contribution is 7.80. The zero-order chi connectivity index (χ0) is 32.1. The van der Waals surface area contributed by atoms with Gasteiger partial charge in [-0.3, -0.25) is 30.1 Å². The maximum absolute atomic E-state index is 12.5. The number of amides is 2. The van der Waals surface area contributed by atoms with Crippen LogP contribution in [0, 0.1) is 0 Å². The maximum atomic E-state index is 12.5. The van der Waals surface area contributed by atoms with Crippen LogP contribution in [0.4, 0.5) is 11.6 Å². The minimum Gasteiger partial charge on any atom is -0.317 e. The zero-order valence-corrected chi connectivity index (χ0v) is 26.2. The van der Waals surface area contributed by atoms with E-state index in [1.54, 1.807) is 66.9 Å². The fourth-order valence-corrected chi connectivity index (χ4v) is 4.84. The summed E-state index contributed by atoms with van der Waals surface area (Å²) in [6.07, 6.45) is 1.76. The summed E-state index contributed by atoms with van der Waals surface area (Å²) in [5.74, 6) is 0.395. The SMILES string of the molecule is O=C(NC(=S)Nc1cccc(CN(Cc2ccccn2)Cc2cccc(NC(=S)NC(=O)c3ccccc3)n2)n1)c1ccccc1. The van der Waals surface area contributed by atoms with Gasteiger partial charge < -0.3 is 10.6 Å². The molecule has 0 atom stereocenters. The molecule has 0 aliphatic heterocycles. The molecule has 5 aromatic rings. The number of carbonyl (C=O) groups is 2. The maximum Gasteiger partial charge on any atom is 0.257 e. The molecule has 0 unspecified atom stereocenters. The normalized spacial score (nSPS) is 10.5. The second kappa shape index (κ2) is 16.0. The van der Waals surface area contributed by atoms with E-state index in [0.29, 0.717) is 42.4 Å². The third-order valence-corrected chi connectivity index (χ3v) is 6.91. The number of hydrogen-bond donors (Lipinski definition) is 4. The molecule has 0 aliphatic rings. The Morgan fingerprint density at radius 2 is 0.978 bits per heavy atom. The summed E-state index contributed by atoms with van der Waals surface area (Å²) < 4.78 is 0. The van der Waals surface area contributed by atoms with E-state index in [2.05, 4.69) is 31.2 Å². The molecule has 4 N–H and O–H groups in total. The lowest BCUT2D eigenvalue weighted by molar-refractivity contribution is 0.0969. The van der Waals surface area contributed by atoms with E-state index >= 15 is 0 Å². The van der Waals surface area contributed by atoms with Crippen LogP contribution in [0.2, 0.25) is 0 Å². The quantitative estimate of drug-likeness (QED) is 0.148. The van der Waals surface area contributed by atoms with Crippen LogP contribution in [0.15, 0.2) is 121 Å². The number of anilines is 2. The molecule has 3 heterocycles. The van der Waals surface area contributed by atoms with Crippen molar-refractivity contribution in [2.24, 2.45) is 0 Å². The minimum atomic E-state index is -0.306. The van der Waals surface area contributed by atoms with Crippen molar-refractivity contribution < 1.29 is 9.59 Å². The van der Waals surface area contributed by atoms with Gasteiger partial charge in [0, 0.05) is 37.0 Å². The van der Waals surface area contributed by atoms with Crippen molar-refractivity contribution in [1.29, 1.82) is 0 Å². The Morgan fingerprint density at radius 3 is 1.43 bits per heavy atom. The second-order valence-electron chi connectivity index (χ2n) is 10.0. The lowest BCUT2D eigenvalue weighted by atomic mass is 10.2. The molecular weight excluding hydrogens is 617 g/mol. The molecule has 0 radical (unpaired) electrons. The van der Waals surface area contributed by atoms with Crippen molar-refractivity contribution >= 4 is 58.1 Å². The number of hydrogen-bond acceptors (Lipinski definition) is 8. The Bertz CT molecular complexity index is 1700. The minimum absolute atomic E-state index is 0.148. The number of aromatic nitrogens is 3. The average Bonchev–Trinajstić information content (AvgIpc) is 3.06. The van der Waals surface area contributed by atoms with Crippen LogP contribution in [0.5, 0.6) is 0 Å². The second-order valence-corrected chi connectivity index (χ2v) is 10.9. The highest BCUT2D eigenvalue weighted by Crippen LogP contribution is 2.15. The predicted octanol–water partition coefficient (Wildman–Crippen LogP) is 5.33. The summed E-state index contributed by atoms with van der Waals surface area (Å²) in [5.41, 5.74) is 3.45. The van der Waals surface area contributed by atoms with Gasteiger partial charge in [0.05, 0.1) is 17.1 Å². The topological polar surface area (TPSA) is 124 Å². The number of nitrogens with one attached hydrogen (secondary N) is 4. The Morgan fingerprint density at radius 1 is 0.543 bits per heavy atom. The van der Waals surface area contributed by atoms with Gasteiger partial charge in [-0.2, -0.15) is 0 Å². The van der Waals surface area contributed by atoms with Gasteiger partial charge in [0.25, 0.3) is 11.8 Å². The molecular formula is C34H30N8O2S2. The fraction of sp³-hybridized carbons (Fsp3) is 0.0882. The van der Waals surface area contributed by atoms with Gasteiger partial charge in [-0.25, -0.2) is 9.97 Å². The molecule has 10 nitrogen and oxygen atoms in total. The largest absolute Gasteiger partial charge is 0.317 e. The Hall–Kier alpha value is -5.43. The summed E-state index contributed by atoms with van der Waals surface area (Å²) in [6, 6.07) is 34.6. The number of rotatable bonds is 10. The van der Waals surface area contributed by atoms with Crippen molar-refractivity contribution in [2.45, 2.75) is 19.6 Å². The van der Waals surface area contributed by atoms with E-state index < -0.39 is 0 Å². The van der Waals surface area contributed by atoms with Crippen LogP contribution >= 0.6 is 24.4 Å². The average molecular weight is 647 g/mol. The lowest BCUT2D eigenvalue weighted by Crippen LogP contribution is -2.34. The van der Waals surface area contributed by atoms with Crippen LogP contribution in [0.25, 0.3) is 0 Å². The van der Waals surface area contributed by atoms with Crippen molar-refractivity contribution in [3.8, 4) is 0 Å². The van der Waals surface area contributed by atoms with E-state index in [4.69, 9.17) is 34.4 Å². The monoisotopic (exact) mass is 646 g/mol. The van der Waals surface area contributed by atoms with E-state index in [1.807, 2.05) is 54.6 Å². The van der Waals surface area contributed by atoms with Crippen molar-refractivity contribution in [2.75, 3.05) is 10.6 Å². The Kier molecular flexibility index (Phi) is 11.2. The fourth-order valence-electron chi connectivity index (χ4n) is 4.45. The number of nitrogens with zero attached hydrogens (tertiary/aromatic N) is 4. The molecule has 12 heteroatoms. The molecule has 2 aromatic carbocycles. The first-order chi connectivity index (χ1) is 22.4. The van der Waals surface area contributed by atoms with Crippen molar-refractivity contribution in [1.82, 2.24) is 30.5 Å². The van der Waals surface area contributed by atoms with Gasteiger partial charge in [0.15, 0.2) is 10.2 Å². The number of carbonyl (C=O) groups excluding carboxylic acids is 2. The molecule has 3 aromatic heterocycles. The van der Waals surface area contributed by atoms with Crippen LogP contribution in [0.1, 0.15) is 37.8 Å². The van der Waals surface area contributed by atoms with Gasteiger partial charge in [-0.1, -0.05) is 54.6 Å². The third-order valence-electron chi connectivity index (χ3n) is 6.51. The molecule has 0 saturated heterocycles. The van der Waals surface area contributed by atoms with Crippen LogP contribution in [-0.2, 0) is 19.6 Å². The van der Waals surface area contributed by atoms with Crippen LogP contribution < -0.4 is 21.3 Å². The smallest absolute Gasteiger partial charge is 0.257 e. The molecule has 0 fully saturated rings. The molecule has 2 amide bonds. The number of benzene rings is 2. The first kappa shape index (κ1) is 32.0. The zero-order valence-electron chi connectivity index (χ0n) is 24.6. The van der Waals surface area contributed by atoms with E-state index in [1.165, 1.54) is 0 Å². The number of thiocarbonyl (C=S) groups is 2. The van der Waals surface area contributed by atoms with Crippen molar-refractivity contribution in [3.63, 3.8) is 0 Å². The summed E-state index contributed by atoms with van der Waals surface area (Å²) in [4.78, 5) is 41.1. The third kappa shape index (κ3) is 9.79. The summed E-state index contributed by atoms with van der Waals surface area (Å²) >= 11 is 10.7. The van der Waals surface area contributed by atoms with Gasteiger partial charge in [-0.15, -0.1) is 0 Å². The predicted molar refractivity (Wildman–Crippen MR) is 186 cm³/mol. The molecule has 0 spiro atoms. The van der Waals surface area contributed by atoms with Gasteiger partial charge >= 0.3 is 0 Å². The number of pyridine rings is 3. The highest BCUT2D eigenvalue weighted by Gasteiger charge is 2.14. The van der Waals surface area contributed by atoms with E-state index in [9.17, 15) is 9.59 Å². The lowest BCUT2D eigenvalue weighted by Gasteiger charge is -2.22. The first-order valence-corrected chi connectivity index (χ1v) is 15.1. The van der Waals surface area contributed by atoms with Gasteiger partial charge in [-0.05, 0) is 85.1 Å². The molecule has 230 valence electrons. The summed E-state index contributed by atoms with van der Waals surface area (Å²) in [6.45, 7) is 1.48. The first-order valence-electron chi connectivity index (χ1n) is 14.3. The Balaban J connectivity index is 1.24. The molecule has 0 bridgehead atoms. The van der Waals surface area contributed by atoms with Crippen LogP contribution in [0.3, 0.4) is 0 Å². The molecule has 5 rings (SSSR count). The van der Waals surface area contributed by atoms with Gasteiger partial charge in [0.1, 0.15) is 11.6 Å². The highest BCUT2D eigenvalue weighted by atomic mass is 32.1. The van der Waals surface area contributed by atoms with Gasteiger partial charge in [0.2, 0.25) is 0 Å². The van der Waals surface area contributed by atoms with E-state index in [-0.39, 0.29) is 22.0 Å². The summed E-state index contributed by atoms with van der Waals surface area (Å²) in [5, 5.41) is 11.7. The molecule has 0 aliphatic carbocycles. The molecule has 0 saturated carbocycles. The van der Waals surface area contributed by atoms with Crippen molar-refractivity contribution in [3.05, 3.63) is 150 Å². The summed E-state index contributed by atoms with van der Waals surface area (Å²) in [7, 11) is 0. The Labute approximate surface area is 277 Å². The van der Waals surface area contributed by atoms with Crippen LogP contribution in [-0.4, -0.2) is 41.9 Å². The standard InChI is InChI=1S/C34H30N8O2S2/c43-31(24-11-3-1-4-12-24)40-33(45)38-29-18-9-16-27(36-29)22-42(21-26-15-7-8-20-35-26)23-28-17-10-19-30(37-28)39-34(46)41-32(44)25-13-5-2-6-14-25/h1-20H,21-23H2,(H2,36,38,40,43,45)(H2,37,39,41,44,46). The van der Waals surface area contributed by atoms with E-state index in [0.717, 1.165) is 17.1 Å².